The quantitative estimate of drug-likeness (QED) is 0.849. The number of carbonyl (C=O) groups is 1. The van der Waals surface area contributed by atoms with Gasteiger partial charge in [-0.2, -0.15) is 0 Å². The highest BCUT2D eigenvalue weighted by Gasteiger charge is 2.30. The number of aryl methyl sites for hydroxylation is 1. The van der Waals surface area contributed by atoms with Crippen LogP contribution < -0.4 is 0 Å². The molecule has 0 aliphatic carbocycles. The summed E-state index contributed by atoms with van der Waals surface area (Å²) in [4.78, 5) is 16.0. The number of likely N-dealkylation sites (tertiary alicyclic amines) is 1. The summed E-state index contributed by atoms with van der Waals surface area (Å²) in [5.74, 6) is 6.05. The van der Waals surface area contributed by atoms with Crippen LogP contribution in [0.25, 0.3) is 0 Å². The fourth-order valence-electron chi connectivity index (χ4n) is 2.51. The zero-order valence-corrected chi connectivity index (χ0v) is 13.5. The Morgan fingerprint density at radius 1 is 1.62 bits per heavy atom. The van der Waals surface area contributed by atoms with Gasteiger partial charge in [-0.3, -0.25) is 4.79 Å². The van der Waals surface area contributed by atoms with Gasteiger partial charge >= 0.3 is 0 Å². The molecule has 2 unspecified atom stereocenters. The maximum atomic E-state index is 12.6. The van der Waals surface area contributed by atoms with Crippen LogP contribution >= 0.6 is 11.3 Å². The summed E-state index contributed by atoms with van der Waals surface area (Å²) in [5, 5.41) is 8.76. The summed E-state index contributed by atoms with van der Waals surface area (Å²) < 4.78 is 5.46. The summed E-state index contributed by atoms with van der Waals surface area (Å²) in [6, 6.07) is 1.88. The lowest BCUT2D eigenvalue weighted by atomic mass is 9.96. The molecule has 5 heteroatoms. The first-order valence-corrected chi connectivity index (χ1v) is 7.90. The largest absolute Gasteiger partial charge is 0.384 e. The highest BCUT2D eigenvalue weighted by molar-refractivity contribution is 7.14. The summed E-state index contributed by atoms with van der Waals surface area (Å²) in [7, 11) is 1.70. The standard InChI is InChI=1S/C16H21NO3S/c1-11-6-7-17(10-13(11)20-3)16(19)15-9-12(2)14(21-15)5-4-8-18/h9,11,13,18H,6-8,10H2,1-3H3. The number of ether oxygens (including phenoxy) is 1. The molecule has 0 radical (unpaired) electrons. The average Bonchev–Trinajstić information content (AvgIpc) is 2.86. The van der Waals surface area contributed by atoms with Crippen LogP contribution in [0.4, 0.5) is 0 Å². The van der Waals surface area contributed by atoms with Gasteiger partial charge in [0.05, 0.1) is 15.9 Å². The van der Waals surface area contributed by atoms with Gasteiger partial charge in [-0.15, -0.1) is 11.3 Å². The number of nitrogens with zero attached hydrogens (tertiary/aromatic N) is 1. The molecule has 1 fully saturated rings. The highest BCUT2D eigenvalue weighted by Crippen LogP contribution is 2.25. The molecule has 114 valence electrons. The minimum Gasteiger partial charge on any atom is -0.384 e. The molecule has 1 N–H and O–H groups in total. The molecule has 0 saturated carbocycles. The number of aliphatic hydroxyl groups excluding tert-OH is 1. The first-order chi connectivity index (χ1) is 10.1. The molecule has 4 nitrogen and oxygen atoms in total. The number of carbonyl (C=O) groups excluding carboxylic acids is 1. The van der Waals surface area contributed by atoms with Gasteiger partial charge in [0, 0.05) is 20.2 Å². The Balaban J connectivity index is 2.13. The van der Waals surface area contributed by atoms with E-state index in [2.05, 4.69) is 18.8 Å². The van der Waals surface area contributed by atoms with E-state index in [1.807, 2.05) is 17.9 Å². The molecule has 1 aliphatic heterocycles. The number of hydrogen-bond donors (Lipinski definition) is 1. The molecule has 1 saturated heterocycles. The number of amides is 1. The number of rotatable bonds is 2. The fourth-order valence-corrected chi connectivity index (χ4v) is 3.53. The van der Waals surface area contributed by atoms with Gasteiger partial charge in [-0.1, -0.05) is 18.8 Å². The van der Waals surface area contributed by atoms with Crippen molar-refractivity contribution in [1.29, 1.82) is 0 Å². The van der Waals surface area contributed by atoms with Gasteiger partial charge in [-0.05, 0) is 30.9 Å². The molecule has 21 heavy (non-hydrogen) atoms. The minimum atomic E-state index is -0.167. The van der Waals surface area contributed by atoms with E-state index in [4.69, 9.17) is 9.84 Å². The molecule has 0 aromatic carbocycles. The van der Waals surface area contributed by atoms with E-state index in [-0.39, 0.29) is 18.6 Å². The van der Waals surface area contributed by atoms with E-state index in [1.165, 1.54) is 11.3 Å². The lowest BCUT2D eigenvalue weighted by Gasteiger charge is -2.36. The van der Waals surface area contributed by atoms with Gasteiger partial charge in [0.1, 0.15) is 6.61 Å². The maximum Gasteiger partial charge on any atom is 0.264 e. The van der Waals surface area contributed by atoms with Crippen molar-refractivity contribution in [3.63, 3.8) is 0 Å². The van der Waals surface area contributed by atoms with Crippen molar-refractivity contribution >= 4 is 17.2 Å². The molecule has 1 aromatic rings. The van der Waals surface area contributed by atoms with E-state index >= 15 is 0 Å². The Labute approximate surface area is 129 Å². The van der Waals surface area contributed by atoms with Crippen LogP contribution in [0.3, 0.4) is 0 Å². The lowest BCUT2D eigenvalue weighted by molar-refractivity contribution is -0.00139. The number of aliphatic hydroxyl groups is 1. The van der Waals surface area contributed by atoms with Crippen molar-refractivity contribution in [3.05, 3.63) is 21.4 Å². The normalized spacial score (nSPS) is 21.8. The Morgan fingerprint density at radius 2 is 2.38 bits per heavy atom. The van der Waals surface area contributed by atoms with Crippen LogP contribution in [0.1, 0.15) is 33.5 Å². The third-order valence-electron chi connectivity index (χ3n) is 3.89. The second-order valence-electron chi connectivity index (χ2n) is 5.37. The monoisotopic (exact) mass is 307 g/mol. The predicted molar refractivity (Wildman–Crippen MR) is 83.5 cm³/mol. The third-order valence-corrected chi connectivity index (χ3v) is 5.03. The minimum absolute atomic E-state index is 0.0501. The van der Waals surface area contributed by atoms with Crippen molar-refractivity contribution in [2.45, 2.75) is 26.4 Å². The summed E-state index contributed by atoms with van der Waals surface area (Å²) >= 11 is 1.39. The topological polar surface area (TPSA) is 49.8 Å². The highest BCUT2D eigenvalue weighted by atomic mass is 32.1. The second kappa shape index (κ2) is 7.08. The van der Waals surface area contributed by atoms with E-state index in [1.54, 1.807) is 7.11 Å². The van der Waals surface area contributed by atoms with Crippen molar-refractivity contribution in [1.82, 2.24) is 4.90 Å². The Hall–Kier alpha value is -1.35. The third kappa shape index (κ3) is 3.65. The van der Waals surface area contributed by atoms with Gasteiger partial charge in [0.25, 0.3) is 5.91 Å². The second-order valence-corrected chi connectivity index (χ2v) is 6.43. The number of methoxy groups -OCH3 is 1. The maximum absolute atomic E-state index is 12.6. The molecule has 0 bridgehead atoms. The van der Waals surface area contributed by atoms with E-state index < -0.39 is 0 Å². The van der Waals surface area contributed by atoms with Crippen LogP contribution in [0, 0.1) is 24.7 Å². The number of hydrogen-bond acceptors (Lipinski definition) is 4. The molecule has 2 rings (SSSR count). The Morgan fingerprint density at radius 3 is 3.05 bits per heavy atom. The molecule has 0 spiro atoms. The zero-order chi connectivity index (χ0) is 15.4. The van der Waals surface area contributed by atoms with E-state index in [0.717, 1.165) is 23.4 Å². The molecular weight excluding hydrogens is 286 g/mol. The van der Waals surface area contributed by atoms with Crippen molar-refractivity contribution in [2.24, 2.45) is 5.92 Å². The number of thiophene rings is 1. The van der Waals surface area contributed by atoms with Crippen LogP contribution in [-0.4, -0.2) is 48.8 Å². The lowest BCUT2D eigenvalue weighted by Crippen LogP contribution is -2.46. The van der Waals surface area contributed by atoms with Crippen LogP contribution in [-0.2, 0) is 4.74 Å². The molecule has 1 amide bonds. The average molecular weight is 307 g/mol. The number of piperidine rings is 1. The summed E-state index contributed by atoms with van der Waals surface area (Å²) in [6.45, 7) is 5.35. The van der Waals surface area contributed by atoms with E-state index in [9.17, 15) is 4.79 Å². The molecule has 2 atom stereocenters. The van der Waals surface area contributed by atoms with E-state index in [0.29, 0.717) is 17.3 Å². The van der Waals surface area contributed by atoms with Crippen molar-refractivity contribution in [3.8, 4) is 11.8 Å². The Kier molecular flexibility index (Phi) is 5.40. The van der Waals surface area contributed by atoms with Gasteiger partial charge in [-0.25, -0.2) is 0 Å². The van der Waals surface area contributed by atoms with Crippen LogP contribution in [0.2, 0.25) is 0 Å². The van der Waals surface area contributed by atoms with Gasteiger partial charge in [0.15, 0.2) is 0 Å². The van der Waals surface area contributed by atoms with Crippen molar-refractivity contribution < 1.29 is 14.6 Å². The van der Waals surface area contributed by atoms with Gasteiger partial charge in [0.2, 0.25) is 0 Å². The summed E-state index contributed by atoms with van der Waals surface area (Å²) in [6.07, 6.45) is 1.07. The first-order valence-electron chi connectivity index (χ1n) is 7.09. The van der Waals surface area contributed by atoms with Crippen LogP contribution in [0.5, 0.6) is 0 Å². The molecule has 1 aromatic heterocycles. The zero-order valence-electron chi connectivity index (χ0n) is 12.7. The first kappa shape index (κ1) is 16.0. The smallest absolute Gasteiger partial charge is 0.264 e. The fraction of sp³-hybridized carbons (Fsp3) is 0.562. The van der Waals surface area contributed by atoms with Gasteiger partial charge < -0.3 is 14.7 Å². The predicted octanol–water partition coefficient (Wildman–Crippen LogP) is 1.90. The van der Waals surface area contributed by atoms with Crippen molar-refractivity contribution in [2.75, 3.05) is 26.8 Å². The molecular formula is C16H21NO3S. The summed E-state index contributed by atoms with van der Waals surface area (Å²) in [5.41, 5.74) is 0.984. The van der Waals surface area contributed by atoms with Crippen LogP contribution in [0.15, 0.2) is 6.07 Å². The molecule has 2 heterocycles. The Bertz CT molecular complexity index is 570. The molecule has 1 aliphatic rings. The SMILES string of the molecule is COC1CN(C(=O)c2cc(C)c(C#CCO)s2)CCC1C.